The first-order valence-corrected chi connectivity index (χ1v) is 10.9. The Kier molecular flexibility index (Phi) is 6.91. The second kappa shape index (κ2) is 9.99. The lowest BCUT2D eigenvalue weighted by Crippen LogP contribution is -2.53. The fourth-order valence-electron chi connectivity index (χ4n) is 4.54. The van der Waals surface area contributed by atoms with Crippen molar-refractivity contribution in [2.75, 3.05) is 64.4 Å². The molecule has 2 aliphatic heterocycles. The summed E-state index contributed by atoms with van der Waals surface area (Å²) in [7, 11) is 1.76. The Labute approximate surface area is 174 Å². The number of hydrogen-bond donors (Lipinski definition) is 0. The van der Waals surface area contributed by atoms with Crippen molar-refractivity contribution in [2.45, 2.75) is 18.9 Å². The van der Waals surface area contributed by atoms with Gasteiger partial charge in [-0.05, 0) is 50.2 Å². The zero-order valence-corrected chi connectivity index (χ0v) is 17.5. The number of rotatable bonds is 7. The molecule has 2 fully saturated rings. The number of para-hydroxylation sites is 3. The van der Waals surface area contributed by atoms with Gasteiger partial charge in [0.15, 0.2) is 0 Å². The minimum Gasteiger partial charge on any atom is -0.495 e. The number of piperidine rings is 1. The van der Waals surface area contributed by atoms with E-state index in [1.807, 2.05) is 36.4 Å². The van der Waals surface area contributed by atoms with Crippen LogP contribution in [0.5, 0.6) is 11.5 Å². The van der Waals surface area contributed by atoms with Crippen molar-refractivity contribution in [1.29, 1.82) is 0 Å². The average molecular weight is 396 g/mol. The minimum atomic E-state index is 0.723. The number of likely N-dealkylation sites (tertiary alicyclic amines) is 1. The van der Waals surface area contributed by atoms with Crippen LogP contribution in [0.3, 0.4) is 0 Å². The molecule has 4 rings (SSSR count). The molecule has 0 bridgehead atoms. The van der Waals surface area contributed by atoms with Crippen molar-refractivity contribution in [3.8, 4) is 11.5 Å². The number of methoxy groups -OCH3 is 1. The van der Waals surface area contributed by atoms with Crippen molar-refractivity contribution in [3.05, 3.63) is 54.6 Å². The maximum Gasteiger partial charge on any atom is 0.142 e. The third-order valence-corrected chi connectivity index (χ3v) is 6.23. The van der Waals surface area contributed by atoms with E-state index >= 15 is 0 Å². The van der Waals surface area contributed by atoms with Gasteiger partial charge >= 0.3 is 0 Å². The summed E-state index contributed by atoms with van der Waals surface area (Å²) < 4.78 is 11.4. The Morgan fingerprint density at radius 2 is 1.52 bits per heavy atom. The Morgan fingerprint density at radius 3 is 2.24 bits per heavy atom. The van der Waals surface area contributed by atoms with Crippen LogP contribution in [-0.2, 0) is 0 Å². The van der Waals surface area contributed by atoms with Gasteiger partial charge in [-0.3, -0.25) is 9.80 Å². The molecule has 0 N–H and O–H groups in total. The van der Waals surface area contributed by atoms with Gasteiger partial charge in [0, 0.05) is 38.8 Å². The van der Waals surface area contributed by atoms with Gasteiger partial charge in [-0.1, -0.05) is 30.3 Å². The zero-order valence-electron chi connectivity index (χ0n) is 17.5. The van der Waals surface area contributed by atoms with E-state index in [1.165, 1.54) is 31.6 Å². The van der Waals surface area contributed by atoms with Gasteiger partial charge in [0.2, 0.25) is 0 Å². The van der Waals surface area contributed by atoms with Gasteiger partial charge in [0.1, 0.15) is 18.1 Å². The Balaban J connectivity index is 1.18. The van der Waals surface area contributed by atoms with E-state index in [0.717, 1.165) is 56.9 Å². The molecular formula is C24H33N3O2. The number of hydrogen-bond acceptors (Lipinski definition) is 5. The number of anilines is 1. The van der Waals surface area contributed by atoms with Gasteiger partial charge in [0.05, 0.1) is 12.8 Å². The predicted octanol–water partition coefficient (Wildman–Crippen LogP) is 3.36. The summed E-state index contributed by atoms with van der Waals surface area (Å²) in [5.41, 5.74) is 1.22. The van der Waals surface area contributed by atoms with Crippen LogP contribution in [0.2, 0.25) is 0 Å². The molecule has 2 heterocycles. The van der Waals surface area contributed by atoms with E-state index in [-0.39, 0.29) is 0 Å². The smallest absolute Gasteiger partial charge is 0.142 e. The van der Waals surface area contributed by atoms with Crippen LogP contribution < -0.4 is 14.4 Å². The highest BCUT2D eigenvalue weighted by atomic mass is 16.5. The SMILES string of the molecule is COc1ccccc1N1CCN(C2CCN(CCOc3ccccc3)CC2)CC1. The molecule has 5 heteroatoms. The largest absolute Gasteiger partial charge is 0.495 e. The number of piperazine rings is 1. The number of benzene rings is 2. The molecule has 0 aromatic heterocycles. The van der Waals surface area contributed by atoms with Crippen molar-refractivity contribution in [1.82, 2.24) is 9.80 Å². The highest BCUT2D eigenvalue weighted by molar-refractivity contribution is 5.58. The van der Waals surface area contributed by atoms with Crippen molar-refractivity contribution >= 4 is 5.69 Å². The molecule has 29 heavy (non-hydrogen) atoms. The zero-order chi connectivity index (χ0) is 19.9. The molecule has 0 amide bonds. The molecule has 0 atom stereocenters. The van der Waals surface area contributed by atoms with Crippen LogP contribution in [0.1, 0.15) is 12.8 Å². The molecule has 156 valence electrons. The van der Waals surface area contributed by atoms with Crippen LogP contribution in [0.4, 0.5) is 5.69 Å². The van der Waals surface area contributed by atoms with Gasteiger partial charge < -0.3 is 14.4 Å². The van der Waals surface area contributed by atoms with Gasteiger partial charge in [-0.25, -0.2) is 0 Å². The summed E-state index contributed by atoms with van der Waals surface area (Å²) in [6.45, 7) is 8.57. The van der Waals surface area contributed by atoms with E-state index in [2.05, 4.69) is 32.9 Å². The van der Waals surface area contributed by atoms with Crippen LogP contribution in [0.25, 0.3) is 0 Å². The maximum atomic E-state index is 5.86. The molecule has 0 aliphatic carbocycles. The lowest BCUT2D eigenvalue weighted by Gasteiger charge is -2.43. The lowest BCUT2D eigenvalue weighted by atomic mass is 10.0. The Morgan fingerprint density at radius 1 is 0.828 bits per heavy atom. The third-order valence-electron chi connectivity index (χ3n) is 6.23. The Hall–Kier alpha value is -2.24. The molecule has 2 aromatic carbocycles. The van der Waals surface area contributed by atoms with Crippen molar-refractivity contribution in [2.24, 2.45) is 0 Å². The van der Waals surface area contributed by atoms with Gasteiger partial charge in [-0.2, -0.15) is 0 Å². The van der Waals surface area contributed by atoms with Gasteiger partial charge in [0.25, 0.3) is 0 Å². The Bertz CT molecular complexity index is 739. The summed E-state index contributed by atoms with van der Waals surface area (Å²) in [4.78, 5) is 7.71. The van der Waals surface area contributed by atoms with E-state index in [0.29, 0.717) is 0 Å². The van der Waals surface area contributed by atoms with Crippen molar-refractivity contribution in [3.63, 3.8) is 0 Å². The monoisotopic (exact) mass is 395 g/mol. The van der Waals surface area contributed by atoms with E-state index in [4.69, 9.17) is 9.47 Å². The molecule has 0 spiro atoms. The number of ether oxygens (including phenoxy) is 2. The van der Waals surface area contributed by atoms with E-state index in [9.17, 15) is 0 Å². The normalized spacial score (nSPS) is 19.3. The molecule has 2 saturated heterocycles. The summed E-state index contributed by atoms with van der Waals surface area (Å²) in [6.07, 6.45) is 2.53. The second-order valence-electron chi connectivity index (χ2n) is 7.93. The van der Waals surface area contributed by atoms with Crippen LogP contribution in [0.15, 0.2) is 54.6 Å². The van der Waals surface area contributed by atoms with E-state index < -0.39 is 0 Å². The number of nitrogens with zero attached hydrogens (tertiary/aromatic N) is 3. The second-order valence-corrected chi connectivity index (χ2v) is 7.93. The summed E-state index contributed by atoms with van der Waals surface area (Å²) in [5.74, 6) is 1.95. The van der Waals surface area contributed by atoms with Crippen LogP contribution >= 0.6 is 0 Å². The van der Waals surface area contributed by atoms with Crippen LogP contribution in [0, 0.1) is 0 Å². The quantitative estimate of drug-likeness (QED) is 0.717. The molecule has 5 nitrogen and oxygen atoms in total. The molecule has 0 saturated carbocycles. The highest BCUT2D eigenvalue weighted by Gasteiger charge is 2.28. The topological polar surface area (TPSA) is 28.2 Å². The molecule has 0 unspecified atom stereocenters. The van der Waals surface area contributed by atoms with Crippen LogP contribution in [-0.4, -0.2) is 75.4 Å². The predicted molar refractivity (Wildman–Crippen MR) is 118 cm³/mol. The highest BCUT2D eigenvalue weighted by Crippen LogP contribution is 2.29. The third kappa shape index (κ3) is 5.22. The molecule has 2 aromatic rings. The first-order chi connectivity index (χ1) is 14.3. The summed E-state index contributed by atoms with van der Waals surface area (Å²) >= 11 is 0. The molecule has 0 radical (unpaired) electrons. The van der Waals surface area contributed by atoms with E-state index in [1.54, 1.807) is 7.11 Å². The molecule has 2 aliphatic rings. The average Bonchev–Trinajstić information content (AvgIpc) is 2.80. The minimum absolute atomic E-state index is 0.723. The summed E-state index contributed by atoms with van der Waals surface area (Å²) in [6, 6.07) is 19.2. The standard InChI is InChI=1S/C24H33N3O2/c1-28-24-10-6-5-9-23(24)27-17-15-26(16-18-27)21-11-13-25(14-12-21)19-20-29-22-7-3-2-4-8-22/h2-10,21H,11-20H2,1H3. The first kappa shape index (κ1) is 20.0. The van der Waals surface area contributed by atoms with Crippen molar-refractivity contribution < 1.29 is 9.47 Å². The first-order valence-electron chi connectivity index (χ1n) is 10.9. The molecular weight excluding hydrogens is 362 g/mol. The summed E-state index contributed by atoms with van der Waals surface area (Å²) in [5, 5.41) is 0. The van der Waals surface area contributed by atoms with Gasteiger partial charge in [-0.15, -0.1) is 0 Å². The lowest BCUT2D eigenvalue weighted by molar-refractivity contribution is 0.0948. The maximum absolute atomic E-state index is 5.86. The fraction of sp³-hybridized carbons (Fsp3) is 0.500. The fourth-order valence-corrected chi connectivity index (χ4v) is 4.54.